The number of carboxylic acid groups (broad SMARTS) is 1. The van der Waals surface area contributed by atoms with Crippen LogP contribution in [0.15, 0.2) is 50.6 Å². The lowest BCUT2D eigenvalue weighted by atomic mass is 9.82. The van der Waals surface area contributed by atoms with Gasteiger partial charge >= 0.3 is 17.9 Å². The van der Waals surface area contributed by atoms with Crippen molar-refractivity contribution < 1.29 is 53.6 Å². The number of hydrogen-bond donors (Lipinski definition) is 4. The number of ketones is 3. The number of ether oxygens (including phenoxy) is 2. The van der Waals surface area contributed by atoms with Crippen LogP contribution in [0.5, 0.6) is 0 Å². The van der Waals surface area contributed by atoms with Gasteiger partial charge in [0.1, 0.15) is 22.9 Å². The van der Waals surface area contributed by atoms with Crippen molar-refractivity contribution in [1.82, 2.24) is 0 Å². The van der Waals surface area contributed by atoms with Crippen LogP contribution in [-0.4, -0.2) is 81.5 Å². The Morgan fingerprint density at radius 3 is 1.43 bits per heavy atom. The Labute approximate surface area is 364 Å². The zero-order valence-corrected chi connectivity index (χ0v) is 37.0. The SMILES string of the molecule is C=CCCCCCCC(=O)[C@@H]1C[C@@H](O)C[C@H]1C(=O)C[C@]1(C(=O)OCC)C[C@H]1C=C.C=CCCCCCCC(=O)[C@@H]1C[C@@H](O)C[C@H]1C(=O)O.C=C[C@@H]1C[C@]1(N)C(=O)OCC.Cl. The molecule has 0 aliphatic heterocycles. The summed E-state index contributed by atoms with van der Waals surface area (Å²) < 4.78 is 9.98. The number of carbonyl (C=O) groups excluding carboxylic acids is 5. The molecule has 60 heavy (non-hydrogen) atoms. The maximum atomic E-state index is 13.1. The summed E-state index contributed by atoms with van der Waals surface area (Å²) in [5.74, 6) is -3.65. The molecule has 12 nitrogen and oxygen atoms in total. The monoisotopic (exact) mass is 863 g/mol. The summed E-state index contributed by atoms with van der Waals surface area (Å²) in [6, 6.07) is 0. The van der Waals surface area contributed by atoms with E-state index in [1.54, 1.807) is 26.0 Å². The van der Waals surface area contributed by atoms with Crippen LogP contribution in [-0.2, 0) is 38.2 Å². The smallest absolute Gasteiger partial charge is 0.326 e. The zero-order valence-electron chi connectivity index (χ0n) is 36.2. The van der Waals surface area contributed by atoms with Gasteiger partial charge in [0.15, 0.2) is 0 Å². The Morgan fingerprint density at radius 2 is 1.03 bits per heavy atom. The number of aliphatic hydroxyl groups excluding tert-OH is 2. The summed E-state index contributed by atoms with van der Waals surface area (Å²) in [7, 11) is 0. The molecule has 0 unspecified atom stereocenters. The third-order valence-electron chi connectivity index (χ3n) is 12.4. The van der Waals surface area contributed by atoms with Gasteiger partial charge in [-0.15, -0.1) is 38.7 Å². The number of aliphatic hydroxyl groups is 2. The van der Waals surface area contributed by atoms with Gasteiger partial charge in [0.2, 0.25) is 0 Å². The number of unbranched alkanes of at least 4 members (excludes halogenated alkanes) is 8. The van der Waals surface area contributed by atoms with Crippen molar-refractivity contribution >= 4 is 47.7 Å². The Balaban J connectivity index is 0.000000497. The number of aliphatic carboxylic acids is 1. The van der Waals surface area contributed by atoms with Gasteiger partial charge < -0.3 is 30.5 Å². The first-order valence-corrected chi connectivity index (χ1v) is 21.9. The number of nitrogens with two attached hydrogens (primary N) is 1. The number of allylic oxidation sites excluding steroid dienone is 3. The van der Waals surface area contributed by atoms with Crippen LogP contribution < -0.4 is 5.73 Å². The molecule has 10 atom stereocenters. The third-order valence-corrected chi connectivity index (χ3v) is 12.4. The quantitative estimate of drug-likeness (QED) is 0.0377. The van der Waals surface area contributed by atoms with Crippen LogP contribution in [0.4, 0.5) is 0 Å². The van der Waals surface area contributed by atoms with Gasteiger partial charge in [-0.05, 0) is 96.8 Å². The Hall–Kier alpha value is -3.45. The molecule has 0 heterocycles. The van der Waals surface area contributed by atoms with Crippen molar-refractivity contribution in [2.75, 3.05) is 13.2 Å². The predicted molar refractivity (Wildman–Crippen MR) is 234 cm³/mol. The minimum Gasteiger partial charge on any atom is -0.481 e. The number of halogens is 1. The summed E-state index contributed by atoms with van der Waals surface area (Å²) in [5, 5.41) is 28.7. The summed E-state index contributed by atoms with van der Waals surface area (Å²) in [6.45, 7) is 18.9. The summed E-state index contributed by atoms with van der Waals surface area (Å²) in [6.07, 6.45) is 19.3. The highest BCUT2D eigenvalue weighted by atomic mass is 35.5. The normalized spacial score (nSPS) is 29.4. The van der Waals surface area contributed by atoms with Crippen LogP contribution in [0.2, 0.25) is 0 Å². The number of hydrogen-bond acceptors (Lipinski definition) is 11. The van der Waals surface area contributed by atoms with Crippen molar-refractivity contribution in [2.45, 2.75) is 154 Å². The second kappa shape index (κ2) is 27.5. The maximum absolute atomic E-state index is 13.1. The average Bonchev–Trinajstić information content (AvgIpc) is 3.98. The van der Waals surface area contributed by atoms with Gasteiger partial charge in [-0.2, -0.15) is 0 Å². The topological polar surface area (TPSA) is 208 Å². The van der Waals surface area contributed by atoms with E-state index in [2.05, 4.69) is 26.3 Å². The zero-order chi connectivity index (χ0) is 44.2. The van der Waals surface area contributed by atoms with Crippen LogP contribution >= 0.6 is 12.4 Å². The fourth-order valence-corrected chi connectivity index (χ4v) is 8.58. The minimum absolute atomic E-state index is 0. The van der Waals surface area contributed by atoms with Crippen molar-refractivity contribution in [3.63, 3.8) is 0 Å². The molecule has 4 rings (SSSR count). The standard InChI is InChI=1S/C24H36O5.C15H24O4.C8H13NO2.ClH/c1-4-7-8-9-10-11-12-21(26)19-13-18(25)14-20(19)22(27)16-24(15-17(24)5-2)23(28)29-6-3;1-2-3-4-5-6-7-8-14(17)12-9-11(16)10-13(12)15(18)19;1-3-6-5-8(6,9)7(10)11-4-2;/h4-5,17-20,25H,1-2,6-16H2,3H3;2,11-13,16H,1,3-10H2,(H,18,19);3,6H,1,4-5,9H2,2H3;1H/t17-,18-,19-,20-,24-;11-,12-,13-;6-,8-;/m111./s1. The predicted octanol–water partition coefficient (Wildman–Crippen LogP) is 7.61. The molecule has 0 spiro atoms. The molecule has 0 aromatic rings. The largest absolute Gasteiger partial charge is 0.481 e. The van der Waals surface area contributed by atoms with E-state index in [0.717, 1.165) is 64.2 Å². The van der Waals surface area contributed by atoms with Gasteiger partial charge in [0, 0.05) is 42.9 Å². The highest BCUT2D eigenvalue weighted by Crippen LogP contribution is 2.58. The van der Waals surface area contributed by atoms with E-state index >= 15 is 0 Å². The molecule has 0 amide bonds. The van der Waals surface area contributed by atoms with Crippen molar-refractivity contribution in [3.8, 4) is 0 Å². The van der Waals surface area contributed by atoms with E-state index in [1.165, 1.54) is 0 Å². The van der Waals surface area contributed by atoms with Gasteiger partial charge in [0.05, 0.1) is 36.8 Å². The molecule has 340 valence electrons. The highest BCUT2D eigenvalue weighted by molar-refractivity contribution is 5.95. The Bertz CT molecular complexity index is 1470. The lowest BCUT2D eigenvalue weighted by Crippen LogP contribution is -2.36. The summed E-state index contributed by atoms with van der Waals surface area (Å²) in [4.78, 5) is 72.4. The first kappa shape index (κ1) is 54.6. The van der Waals surface area contributed by atoms with Crippen LogP contribution in [0.1, 0.15) is 136 Å². The minimum atomic E-state index is -0.958. The number of carboxylic acids is 1. The number of Topliss-reactive ketones (excluding diaryl/α,β-unsaturated/α-hetero) is 3. The molecule has 4 saturated carbocycles. The first-order valence-electron chi connectivity index (χ1n) is 21.9. The van der Waals surface area contributed by atoms with Crippen molar-refractivity contribution in [2.24, 2.45) is 46.7 Å². The fraction of sp³-hybridized carbons (Fsp3) is 0.702. The molecule has 4 aliphatic carbocycles. The van der Waals surface area contributed by atoms with E-state index in [9.17, 15) is 39.0 Å². The summed E-state index contributed by atoms with van der Waals surface area (Å²) >= 11 is 0. The second-order valence-electron chi connectivity index (χ2n) is 16.8. The number of esters is 2. The Kier molecular flexibility index (Phi) is 25.0. The van der Waals surface area contributed by atoms with E-state index < -0.39 is 52.8 Å². The van der Waals surface area contributed by atoms with Gasteiger partial charge in [0.25, 0.3) is 0 Å². The third kappa shape index (κ3) is 16.4. The molecule has 5 N–H and O–H groups in total. The van der Waals surface area contributed by atoms with Gasteiger partial charge in [-0.25, -0.2) is 0 Å². The van der Waals surface area contributed by atoms with E-state index in [0.29, 0.717) is 51.6 Å². The molecular weight excluding hydrogens is 790 g/mol. The van der Waals surface area contributed by atoms with Gasteiger partial charge in [-0.3, -0.25) is 28.8 Å². The second-order valence-corrected chi connectivity index (χ2v) is 16.8. The number of rotatable bonds is 26. The average molecular weight is 865 g/mol. The Morgan fingerprint density at radius 1 is 0.617 bits per heavy atom. The molecule has 4 aliphatic rings. The lowest BCUT2D eigenvalue weighted by Gasteiger charge is -2.20. The van der Waals surface area contributed by atoms with Gasteiger partial charge in [-0.1, -0.05) is 50.0 Å². The molecule has 13 heteroatoms. The lowest BCUT2D eigenvalue weighted by molar-refractivity contribution is -0.152. The molecule has 4 fully saturated rings. The molecule has 0 aromatic carbocycles. The van der Waals surface area contributed by atoms with E-state index in [4.69, 9.17) is 20.3 Å². The maximum Gasteiger partial charge on any atom is 0.326 e. The molecule has 0 saturated heterocycles. The van der Waals surface area contributed by atoms with Crippen LogP contribution in [0.25, 0.3) is 0 Å². The fourth-order valence-electron chi connectivity index (χ4n) is 8.58. The van der Waals surface area contributed by atoms with Crippen molar-refractivity contribution in [3.05, 3.63) is 50.6 Å². The van der Waals surface area contributed by atoms with Crippen LogP contribution in [0, 0.1) is 40.9 Å². The van der Waals surface area contributed by atoms with E-state index in [-0.39, 0.29) is 73.0 Å². The molecule has 0 aromatic heterocycles. The summed E-state index contributed by atoms with van der Waals surface area (Å²) in [5.41, 5.74) is 4.11. The van der Waals surface area contributed by atoms with Crippen LogP contribution in [0.3, 0.4) is 0 Å². The van der Waals surface area contributed by atoms with E-state index in [1.807, 2.05) is 12.2 Å². The molecular formula is C47H74ClNO11. The first-order chi connectivity index (χ1) is 28.1. The highest BCUT2D eigenvalue weighted by Gasteiger charge is 2.61. The molecule has 0 radical (unpaired) electrons. The molecule has 0 bridgehead atoms. The number of carbonyl (C=O) groups is 6. The van der Waals surface area contributed by atoms with Crippen molar-refractivity contribution in [1.29, 1.82) is 0 Å².